The Bertz CT molecular complexity index is 242. The van der Waals surface area contributed by atoms with Crippen LogP contribution < -0.4 is 0 Å². The molecule has 4 atom stereocenters. The molecule has 2 saturated heterocycles. The third-order valence-corrected chi connectivity index (χ3v) is 5.58. The third kappa shape index (κ3) is 2.60. The molecule has 2 heteroatoms. The van der Waals surface area contributed by atoms with Crippen LogP contribution in [0.4, 0.5) is 0 Å². The lowest BCUT2D eigenvalue weighted by atomic mass is 9.74. The van der Waals surface area contributed by atoms with Crippen LogP contribution in [0.25, 0.3) is 0 Å². The normalized spacial score (nSPS) is 43.3. The number of unbranched alkanes of at least 4 members (excludes halogenated alkanes) is 1. The monoisotopic (exact) mass is 254 g/mol. The summed E-state index contributed by atoms with van der Waals surface area (Å²) < 4.78 is 11.4. The Morgan fingerprint density at radius 3 is 1.44 bits per heavy atom. The molecule has 0 N–H and O–H groups in total. The van der Waals surface area contributed by atoms with E-state index in [-0.39, 0.29) is 0 Å². The quantitative estimate of drug-likeness (QED) is 0.635. The molecule has 2 rings (SSSR count). The highest BCUT2D eigenvalue weighted by atomic mass is 16.5. The molecule has 0 aromatic rings. The average Bonchev–Trinajstić information content (AvgIpc) is 2.37. The van der Waals surface area contributed by atoms with Crippen LogP contribution in [0.3, 0.4) is 0 Å². The van der Waals surface area contributed by atoms with E-state index >= 15 is 0 Å². The molecule has 0 saturated carbocycles. The molecular formula is C16H30O2. The molecule has 2 nitrogen and oxygen atoms in total. The molecule has 0 radical (unpaired) electrons. The number of hydrogen-bond acceptors (Lipinski definition) is 2. The van der Waals surface area contributed by atoms with Crippen molar-refractivity contribution in [1.82, 2.24) is 0 Å². The van der Waals surface area contributed by atoms with Crippen LogP contribution in [0.2, 0.25) is 0 Å². The first-order chi connectivity index (χ1) is 8.54. The van der Waals surface area contributed by atoms with Crippen molar-refractivity contribution in [2.45, 2.75) is 78.4 Å². The summed E-state index contributed by atoms with van der Waals surface area (Å²) in [6.07, 6.45) is 8.58. The molecule has 0 amide bonds. The van der Waals surface area contributed by atoms with E-state index in [1.165, 1.54) is 38.5 Å². The molecule has 18 heavy (non-hydrogen) atoms. The van der Waals surface area contributed by atoms with Crippen molar-refractivity contribution < 1.29 is 9.47 Å². The minimum absolute atomic E-state index is 0.463. The summed E-state index contributed by atoms with van der Waals surface area (Å²) in [5.74, 6) is 0. The fourth-order valence-electron chi connectivity index (χ4n) is 3.15. The second-order valence-electron chi connectivity index (χ2n) is 6.90. The lowest BCUT2D eigenvalue weighted by Gasteiger charge is -2.47. The van der Waals surface area contributed by atoms with E-state index in [0.717, 1.165) is 13.2 Å². The minimum Gasteiger partial charge on any atom is -0.377 e. The maximum absolute atomic E-state index is 5.72. The van der Waals surface area contributed by atoms with Crippen LogP contribution >= 0.6 is 0 Å². The highest BCUT2D eigenvalue weighted by molar-refractivity contribution is 4.91. The topological polar surface area (TPSA) is 18.5 Å². The molecule has 2 fully saturated rings. The molecule has 0 aromatic heterocycles. The van der Waals surface area contributed by atoms with E-state index in [9.17, 15) is 0 Å². The van der Waals surface area contributed by atoms with E-state index in [0.29, 0.717) is 23.0 Å². The van der Waals surface area contributed by atoms with Crippen LogP contribution in [0.1, 0.15) is 66.2 Å². The Morgan fingerprint density at radius 2 is 1.22 bits per heavy atom. The van der Waals surface area contributed by atoms with Gasteiger partial charge in [-0.2, -0.15) is 0 Å². The summed E-state index contributed by atoms with van der Waals surface area (Å²) in [5.41, 5.74) is 0.926. The van der Waals surface area contributed by atoms with Crippen molar-refractivity contribution in [1.29, 1.82) is 0 Å². The van der Waals surface area contributed by atoms with Crippen molar-refractivity contribution in [3.05, 3.63) is 0 Å². The van der Waals surface area contributed by atoms with Gasteiger partial charge in [0, 0.05) is 10.8 Å². The summed E-state index contributed by atoms with van der Waals surface area (Å²) in [7, 11) is 0. The largest absolute Gasteiger partial charge is 0.377 e. The van der Waals surface area contributed by atoms with Gasteiger partial charge >= 0.3 is 0 Å². The van der Waals surface area contributed by atoms with Gasteiger partial charge in [0.2, 0.25) is 0 Å². The zero-order chi connectivity index (χ0) is 13.2. The van der Waals surface area contributed by atoms with Crippen molar-refractivity contribution in [3.63, 3.8) is 0 Å². The van der Waals surface area contributed by atoms with Crippen molar-refractivity contribution in [3.8, 4) is 0 Å². The summed E-state index contributed by atoms with van der Waals surface area (Å²) in [6, 6.07) is 0. The third-order valence-electron chi connectivity index (χ3n) is 5.58. The van der Waals surface area contributed by atoms with Gasteiger partial charge in [-0.15, -0.1) is 0 Å². The van der Waals surface area contributed by atoms with E-state index in [4.69, 9.17) is 9.47 Å². The molecule has 2 aliphatic rings. The molecule has 4 unspecified atom stereocenters. The Morgan fingerprint density at radius 1 is 0.833 bits per heavy atom. The molecule has 2 heterocycles. The van der Waals surface area contributed by atoms with Crippen molar-refractivity contribution in [2.75, 3.05) is 13.2 Å². The highest BCUT2D eigenvalue weighted by Crippen LogP contribution is 2.42. The first-order valence-corrected chi connectivity index (χ1v) is 7.77. The molecule has 0 aliphatic carbocycles. The first-order valence-electron chi connectivity index (χ1n) is 7.77. The van der Waals surface area contributed by atoms with Gasteiger partial charge in [0.1, 0.15) is 0 Å². The predicted octanol–water partition coefficient (Wildman–Crippen LogP) is 4.18. The van der Waals surface area contributed by atoms with Crippen LogP contribution in [-0.2, 0) is 9.47 Å². The van der Waals surface area contributed by atoms with Gasteiger partial charge in [-0.3, -0.25) is 0 Å². The number of rotatable bonds is 7. The molecule has 0 aromatic carbocycles. The molecule has 0 spiro atoms. The van der Waals surface area contributed by atoms with Crippen LogP contribution in [0, 0.1) is 10.8 Å². The Balaban J connectivity index is 1.60. The molecular weight excluding hydrogens is 224 g/mol. The molecule has 106 valence electrons. The van der Waals surface area contributed by atoms with Crippen LogP contribution in [0.5, 0.6) is 0 Å². The van der Waals surface area contributed by atoms with Gasteiger partial charge in [-0.1, -0.05) is 40.5 Å². The van der Waals surface area contributed by atoms with Crippen molar-refractivity contribution in [2.24, 2.45) is 10.8 Å². The van der Waals surface area contributed by atoms with E-state index < -0.39 is 0 Å². The summed E-state index contributed by atoms with van der Waals surface area (Å²) in [4.78, 5) is 0. The fourth-order valence-corrected chi connectivity index (χ4v) is 3.15. The van der Waals surface area contributed by atoms with Gasteiger partial charge in [0.25, 0.3) is 0 Å². The number of ether oxygens (including phenoxy) is 2. The SMILES string of the molecule is CCC1(C)COC1CCCCC1OCC1(C)CC. The number of hydrogen-bond donors (Lipinski definition) is 0. The zero-order valence-corrected chi connectivity index (χ0v) is 12.6. The first kappa shape index (κ1) is 14.3. The summed E-state index contributed by atoms with van der Waals surface area (Å²) in [6.45, 7) is 11.2. The Kier molecular flexibility index (Phi) is 4.38. The smallest absolute Gasteiger partial charge is 0.0650 e. The van der Waals surface area contributed by atoms with Crippen LogP contribution in [0.15, 0.2) is 0 Å². The van der Waals surface area contributed by atoms with E-state index in [2.05, 4.69) is 27.7 Å². The second kappa shape index (κ2) is 5.50. The molecule has 0 bridgehead atoms. The minimum atomic E-state index is 0.463. The Labute approximate surface area is 112 Å². The predicted molar refractivity (Wildman–Crippen MR) is 74.7 cm³/mol. The maximum atomic E-state index is 5.72. The summed E-state index contributed by atoms with van der Waals surface area (Å²) in [5, 5.41) is 0. The van der Waals surface area contributed by atoms with Gasteiger partial charge in [-0.25, -0.2) is 0 Å². The standard InChI is InChI=1S/C16H30O2/c1-5-15(3)11-17-13(15)9-7-8-10-14-16(4,6-2)12-18-14/h13-14H,5-12H2,1-4H3. The van der Waals surface area contributed by atoms with Crippen LogP contribution in [-0.4, -0.2) is 25.4 Å². The second-order valence-corrected chi connectivity index (χ2v) is 6.90. The average molecular weight is 254 g/mol. The van der Waals surface area contributed by atoms with E-state index in [1.807, 2.05) is 0 Å². The van der Waals surface area contributed by atoms with E-state index in [1.54, 1.807) is 0 Å². The van der Waals surface area contributed by atoms with Gasteiger partial charge in [-0.05, 0) is 25.7 Å². The van der Waals surface area contributed by atoms with Gasteiger partial charge in [0.05, 0.1) is 25.4 Å². The van der Waals surface area contributed by atoms with Gasteiger partial charge < -0.3 is 9.47 Å². The zero-order valence-electron chi connectivity index (χ0n) is 12.6. The van der Waals surface area contributed by atoms with Crippen molar-refractivity contribution >= 4 is 0 Å². The lowest BCUT2D eigenvalue weighted by Crippen LogP contribution is -2.50. The maximum Gasteiger partial charge on any atom is 0.0650 e. The Hall–Kier alpha value is -0.0800. The molecule has 2 aliphatic heterocycles. The summed E-state index contributed by atoms with van der Waals surface area (Å²) >= 11 is 0. The van der Waals surface area contributed by atoms with Gasteiger partial charge in [0.15, 0.2) is 0 Å². The lowest BCUT2D eigenvalue weighted by molar-refractivity contribution is -0.187. The highest BCUT2D eigenvalue weighted by Gasteiger charge is 2.43. The fraction of sp³-hybridized carbons (Fsp3) is 1.00.